The van der Waals surface area contributed by atoms with Gasteiger partial charge in [-0.3, -0.25) is 4.79 Å². The molecule has 0 aliphatic carbocycles. The molecule has 0 bridgehead atoms. The summed E-state index contributed by atoms with van der Waals surface area (Å²) in [4.78, 5) is 23.8. The highest BCUT2D eigenvalue weighted by Crippen LogP contribution is 2.32. The van der Waals surface area contributed by atoms with Crippen molar-refractivity contribution in [3.63, 3.8) is 0 Å². The standard InChI is InChI=1S/C25H25F3N4O3/c1-15-12-31(14-30-15)21-6-5-16(9-23(21)34-2)8-17-4-3-7-32(25(17)33)22(13-35-29)18-10-19(26)24(28)20(27)11-18/h5-6,8-12,14,22H,3-4,7,13,29H2,1-2H3/b17-8+/t22-/m1/s1. The first kappa shape index (κ1) is 24.5. The van der Waals surface area contributed by atoms with Crippen molar-refractivity contribution in [2.75, 3.05) is 20.3 Å². The van der Waals surface area contributed by atoms with Crippen LogP contribution in [0.5, 0.6) is 5.75 Å². The number of aryl methyl sites for hydroxylation is 1. The van der Waals surface area contributed by atoms with Crippen LogP contribution in [0.3, 0.4) is 0 Å². The quantitative estimate of drug-likeness (QED) is 0.307. The zero-order valence-corrected chi connectivity index (χ0v) is 19.3. The number of hydrogen-bond acceptors (Lipinski definition) is 5. The molecule has 1 saturated heterocycles. The van der Waals surface area contributed by atoms with Crippen LogP contribution in [0.4, 0.5) is 13.2 Å². The molecule has 7 nitrogen and oxygen atoms in total. The van der Waals surface area contributed by atoms with E-state index in [1.54, 1.807) is 19.5 Å². The molecule has 1 fully saturated rings. The number of nitrogens with zero attached hydrogens (tertiary/aromatic N) is 3. The maximum atomic E-state index is 13.9. The van der Waals surface area contributed by atoms with Gasteiger partial charge in [-0.1, -0.05) is 6.07 Å². The van der Waals surface area contributed by atoms with Crippen LogP contribution >= 0.6 is 0 Å². The fourth-order valence-electron chi connectivity index (χ4n) is 4.24. The van der Waals surface area contributed by atoms with Crippen molar-refractivity contribution in [2.45, 2.75) is 25.8 Å². The molecule has 0 saturated carbocycles. The lowest BCUT2D eigenvalue weighted by molar-refractivity contribution is -0.132. The number of nitrogens with two attached hydrogens (primary N) is 1. The smallest absolute Gasteiger partial charge is 0.250 e. The van der Waals surface area contributed by atoms with E-state index in [4.69, 9.17) is 15.5 Å². The minimum absolute atomic E-state index is 0.0584. The number of carbonyl (C=O) groups excluding carboxylic acids is 1. The summed E-state index contributed by atoms with van der Waals surface area (Å²) in [5, 5.41) is 0. The molecule has 1 amide bonds. The number of methoxy groups -OCH3 is 1. The van der Waals surface area contributed by atoms with Crippen LogP contribution < -0.4 is 10.6 Å². The Morgan fingerprint density at radius 1 is 1.20 bits per heavy atom. The van der Waals surface area contributed by atoms with Gasteiger partial charge < -0.3 is 19.0 Å². The van der Waals surface area contributed by atoms with Gasteiger partial charge in [0.05, 0.1) is 37.5 Å². The summed E-state index contributed by atoms with van der Waals surface area (Å²) in [5.74, 6) is 1.26. The van der Waals surface area contributed by atoms with Crippen LogP contribution in [0.2, 0.25) is 0 Å². The minimum atomic E-state index is -1.57. The Labute approximate surface area is 200 Å². The molecular weight excluding hydrogens is 461 g/mol. The van der Waals surface area contributed by atoms with Crippen LogP contribution in [0, 0.1) is 24.4 Å². The number of rotatable bonds is 7. The highest BCUT2D eigenvalue weighted by Gasteiger charge is 2.32. The summed E-state index contributed by atoms with van der Waals surface area (Å²) >= 11 is 0. The fraction of sp³-hybridized carbons (Fsp3) is 0.280. The van der Waals surface area contributed by atoms with Gasteiger partial charge in [-0.15, -0.1) is 0 Å². The second-order valence-electron chi connectivity index (χ2n) is 8.27. The van der Waals surface area contributed by atoms with Gasteiger partial charge >= 0.3 is 0 Å². The molecule has 0 radical (unpaired) electrons. The zero-order chi connectivity index (χ0) is 25.1. The number of benzene rings is 2. The third kappa shape index (κ3) is 5.08. The highest BCUT2D eigenvalue weighted by atomic mass is 19.2. The van der Waals surface area contributed by atoms with Gasteiger partial charge in [0, 0.05) is 18.3 Å². The van der Waals surface area contributed by atoms with Crippen molar-refractivity contribution < 1.29 is 27.5 Å². The van der Waals surface area contributed by atoms with E-state index in [2.05, 4.69) is 4.98 Å². The first-order valence-corrected chi connectivity index (χ1v) is 11.0. The average Bonchev–Trinajstić information content (AvgIpc) is 3.28. The Morgan fingerprint density at radius 3 is 2.57 bits per heavy atom. The summed E-state index contributed by atoms with van der Waals surface area (Å²) < 4.78 is 48.6. The van der Waals surface area contributed by atoms with Gasteiger partial charge in [-0.05, 0) is 61.2 Å². The van der Waals surface area contributed by atoms with Crippen molar-refractivity contribution in [1.29, 1.82) is 0 Å². The Hall–Kier alpha value is -3.63. The number of carbonyl (C=O) groups is 1. The monoisotopic (exact) mass is 486 g/mol. The lowest BCUT2D eigenvalue weighted by atomic mass is 9.96. The predicted octanol–water partition coefficient (Wildman–Crippen LogP) is 4.24. The number of hydrogen-bond donors (Lipinski definition) is 1. The molecule has 0 spiro atoms. The maximum Gasteiger partial charge on any atom is 0.250 e. The Kier molecular flexibility index (Phi) is 7.23. The molecule has 10 heteroatoms. The van der Waals surface area contributed by atoms with Crippen molar-refractivity contribution in [3.8, 4) is 11.4 Å². The molecule has 1 atom stereocenters. The van der Waals surface area contributed by atoms with Crippen LogP contribution in [-0.4, -0.2) is 40.6 Å². The highest BCUT2D eigenvalue weighted by molar-refractivity contribution is 5.98. The van der Waals surface area contributed by atoms with E-state index in [1.165, 1.54) is 4.90 Å². The van der Waals surface area contributed by atoms with E-state index >= 15 is 0 Å². The second kappa shape index (κ2) is 10.3. The molecule has 184 valence electrons. The van der Waals surface area contributed by atoms with Crippen molar-refractivity contribution in [1.82, 2.24) is 14.5 Å². The average molecular weight is 486 g/mol. The van der Waals surface area contributed by atoms with Crippen LogP contribution in [0.25, 0.3) is 11.8 Å². The lowest BCUT2D eigenvalue weighted by Crippen LogP contribution is -2.42. The van der Waals surface area contributed by atoms with E-state index in [-0.39, 0.29) is 18.1 Å². The fourth-order valence-corrected chi connectivity index (χ4v) is 4.24. The van der Waals surface area contributed by atoms with Crippen LogP contribution in [0.1, 0.15) is 35.7 Å². The van der Waals surface area contributed by atoms with E-state index in [1.807, 2.05) is 35.9 Å². The number of ether oxygens (including phenoxy) is 1. The zero-order valence-electron chi connectivity index (χ0n) is 19.3. The number of imidazole rings is 1. The maximum absolute atomic E-state index is 13.9. The lowest BCUT2D eigenvalue weighted by Gasteiger charge is -2.35. The predicted molar refractivity (Wildman–Crippen MR) is 123 cm³/mol. The molecule has 0 unspecified atom stereocenters. The first-order chi connectivity index (χ1) is 16.8. The van der Waals surface area contributed by atoms with Crippen LogP contribution in [0.15, 0.2) is 48.4 Å². The minimum Gasteiger partial charge on any atom is -0.495 e. The van der Waals surface area contributed by atoms with Gasteiger partial charge in [0.25, 0.3) is 0 Å². The van der Waals surface area contributed by atoms with Gasteiger partial charge in [-0.25, -0.2) is 24.1 Å². The summed E-state index contributed by atoms with van der Waals surface area (Å²) in [6.07, 6.45) is 6.46. The van der Waals surface area contributed by atoms with Gasteiger partial charge in [0.1, 0.15) is 5.75 Å². The molecule has 4 rings (SSSR count). The van der Waals surface area contributed by atoms with Crippen molar-refractivity contribution in [2.24, 2.45) is 5.90 Å². The van der Waals surface area contributed by atoms with Crippen molar-refractivity contribution in [3.05, 3.63) is 82.7 Å². The first-order valence-electron chi connectivity index (χ1n) is 11.0. The molecule has 35 heavy (non-hydrogen) atoms. The molecule has 1 aliphatic rings. The van der Waals surface area contributed by atoms with Gasteiger partial charge in [-0.2, -0.15) is 0 Å². The van der Waals surface area contributed by atoms with E-state index in [9.17, 15) is 18.0 Å². The van der Waals surface area contributed by atoms with E-state index < -0.39 is 23.5 Å². The molecule has 2 heterocycles. The Bertz CT molecular complexity index is 1250. The SMILES string of the molecule is COc1cc(/C=C2\CCCN([C@H](CON)c3cc(F)c(F)c(F)c3)C2=O)ccc1-n1cnc(C)c1. The molecule has 1 aromatic heterocycles. The summed E-state index contributed by atoms with van der Waals surface area (Å²) in [6.45, 7) is 2.00. The molecule has 2 N–H and O–H groups in total. The summed E-state index contributed by atoms with van der Waals surface area (Å²) in [6, 6.07) is 6.37. The third-order valence-electron chi connectivity index (χ3n) is 5.94. The number of piperidine rings is 1. The third-order valence-corrected chi connectivity index (χ3v) is 5.94. The largest absolute Gasteiger partial charge is 0.495 e. The number of halogens is 3. The number of aromatic nitrogens is 2. The normalized spacial score (nSPS) is 16.1. The van der Waals surface area contributed by atoms with Crippen molar-refractivity contribution >= 4 is 12.0 Å². The van der Waals surface area contributed by atoms with E-state index in [0.717, 1.165) is 29.1 Å². The van der Waals surface area contributed by atoms with Crippen LogP contribution in [-0.2, 0) is 9.63 Å². The number of amides is 1. The molecule has 1 aliphatic heterocycles. The molecule has 3 aromatic rings. The topological polar surface area (TPSA) is 82.6 Å². The summed E-state index contributed by atoms with van der Waals surface area (Å²) in [7, 11) is 1.56. The Balaban J connectivity index is 1.64. The Morgan fingerprint density at radius 2 is 1.94 bits per heavy atom. The van der Waals surface area contributed by atoms with Gasteiger partial charge in [0.15, 0.2) is 17.5 Å². The second-order valence-corrected chi connectivity index (χ2v) is 8.27. The van der Waals surface area contributed by atoms with Gasteiger partial charge in [0.2, 0.25) is 5.91 Å². The summed E-state index contributed by atoms with van der Waals surface area (Å²) in [5.41, 5.74) is 2.98. The number of likely N-dealkylation sites (tertiary alicyclic amines) is 1. The molecule has 2 aromatic carbocycles. The van der Waals surface area contributed by atoms with E-state index in [0.29, 0.717) is 30.7 Å². The molecular formula is C25H25F3N4O3.